The third kappa shape index (κ3) is 4.85. The van der Waals surface area contributed by atoms with Crippen molar-refractivity contribution in [2.75, 3.05) is 18.4 Å². The SMILES string of the molecule is Cc1ccc(S(=O)(=O)N2CCC[C@@H](c3nnc(C(=O)Nc4cccc(Cl)c4)s3)C2)c(C)c1. The summed E-state index contributed by atoms with van der Waals surface area (Å²) < 4.78 is 28.0. The number of aryl methyl sites for hydroxylation is 2. The van der Waals surface area contributed by atoms with Gasteiger partial charge in [-0.05, 0) is 56.5 Å². The van der Waals surface area contributed by atoms with Crippen LogP contribution in [0, 0.1) is 13.8 Å². The van der Waals surface area contributed by atoms with Crippen LogP contribution in [0.2, 0.25) is 5.02 Å². The largest absolute Gasteiger partial charge is 0.320 e. The molecule has 3 aromatic rings. The number of sulfonamides is 1. The number of nitrogens with one attached hydrogen (secondary N) is 1. The Balaban J connectivity index is 1.49. The monoisotopic (exact) mass is 490 g/mol. The Bertz CT molecular complexity index is 1260. The molecule has 32 heavy (non-hydrogen) atoms. The summed E-state index contributed by atoms with van der Waals surface area (Å²) in [6.45, 7) is 4.54. The van der Waals surface area contributed by atoms with Gasteiger partial charge in [0.15, 0.2) is 0 Å². The van der Waals surface area contributed by atoms with Crippen LogP contribution >= 0.6 is 22.9 Å². The lowest BCUT2D eigenvalue weighted by molar-refractivity contribution is 0.102. The second-order valence-corrected chi connectivity index (χ2v) is 11.2. The molecule has 1 aromatic heterocycles. The lowest BCUT2D eigenvalue weighted by Crippen LogP contribution is -2.39. The molecule has 1 amide bonds. The maximum Gasteiger partial charge on any atom is 0.286 e. The fourth-order valence-electron chi connectivity index (χ4n) is 3.83. The maximum atomic E-state index is 13.3. The first kappa shape index (κ1) is 22.8. The van der Waals surface area contributed by atoms with E-state index >= 15 is 0 Å². The molecule has 1 N–H and O–H groups in total. The van der Waals surface area contributed by atoms with Gasteiger partial charge in [-0.15, -0.1) is 10.2 Å². The van der Waals surface area contributed by atoms with E-state index < -0.39 is 10.0 Å². The molecule has 1 atom stereocenters. The molecule has 0 aliphatic carbocycles. The minimum Gasteiger partial charge on any atom is -0.320 e. The van der Waals surface area contributed by atoms with E-state index in [2.05, 4.69) is 15.5 Å². The Labute approximate surface area is 196 Å². The van der Waals surface area contributed by atoms with Crippen LogP contribution in [0.15, 0.2) is 47.4 Å². The van der Waals surface area contributed by atoms with Crippen LogP contribution in [0.5, 0.6) is 0 Å². The minimum atomic E-state index is -3.61. The highest BCUT2D eigenvalue weighted by molar-refractivity contribution is 7.89. The number of carbonyl (C=O) groups excluding carboxylic acids is 1. The van der Waals surface area contributed by atoms with Gasteiger partial charge in [-0.3, -0.25) is 4.79 Å². The van der Waals surface area contributed by atoms with Gasteiger partial charge >= 0.3 is 0 Å². The Morgan fingerprint density at radius 2 is 2.00 bits per heavy atom. The Morgan fingerprint density at radius 1 is 1.19 bits per heavy atom. The first-order valence-corrected chi connectivity index (χ1v) is 12.9. The average molecular weight is 491 g/mol. The highest BCUT2D eigenvalue weighted by Crippen LogP contribution is 2.33. The topological polar surface area (TPSA) is 92.3 Å². The highest BCUT2D eigenvalue weighted by atomic mass is 35.5. The standard InChI is InChI=1S/C22H23ClN4O3S2/c1-14-8-9-19(15(2)11-14)32(29,30)27-10-4-5-16(13-27)21-25-26-22(31-21)20(28)24-18-7-3-6-17(23)12-18/h3,6-9,11-12,16H,4-5,10,13H2,1-2H3,(H,24,28)/t16-/m1/s1. The van der Waals surface area contributed by atoms with E-state index in [1.54, 1.807) is 30.3 Å². The van der Waals surface area contributed by atoms with Crippen molar-refractivity contribution in [2.24, 2.45) is 0 Å². The third-order valence-corrected chi connectivity index (χ3v) is 8.74. The molecule has 1 aliphatic rings. The zero-order chi connectivity index (χ0) is 22.9. The molecule has 0 unspecified atom stereocenters. The van der Waals surface area contributed by atoms with Gasteiger partial charge in [0.05, 0.1) is 4.90 Å². The van der Waals surface area contributed by atoms with Crippen molar-refractivity contribution < 1.29 is 13.2 Å². The molecule has 2 aromatic carbocycles. The van der Waals surface area contributed by atoms with Gasteiger partial charge in [-0.25, -0.2) is 8.42 Å². The summed E-state index contributed by atoms with van der Waals surface area (Å²) in [7, 11) is -3.61. The maximum absolute atomic E-state index is 13.3. The second-order valence-electron chi connectivity index (χ2n) is 7.88. The van der Waals surface area contributed by atoms with Crippen molar-refractivity contribution in [3.05, 3.63) is 68.6 Å². The molecular formula is C22H23ClN4O3S2. The van der Waals surface area contributed by atoms with Crippen molar-refractivity contribution >= 4 is 44.6 Å². The van der Waals surface area contributed by atoms with Crippen molar-refractivity contribution in [2.45, 2.75) is 37.5 Å². The number of hydrogen-bond acceptors (Lipinski definition) is 6. The van der Waals surface area contributed by atoms with Crippen molar-refractivity contribution in [3.63, 3.8) is 0 Å². The number of benzene rings is 2. The molecule has 2 heterocycles. The number of nitrogens with zero attached hydrogens (tertiary/aromatic N) is 3. The zero-order valence-electron chi connectivity index (χ0n) is 17.7. The van der Waals surface area contributed by atoms with E-state index in [9.17, 15) is 13.2 Å². The fraction of sp³-hybridized carbons (Fsp3) is 0.318. The molecule has 0 saturated carbocycles. The van der Waals surface area contributed by atoms with Crippen molar-refractivity contribution in [3.8, 4) is 0 Å². The van der Waals surface area contributed by atoms with Gasteiger partial charge < -0.3 is 5.32 Å². The van der Waals surface area contributed by atoms with Crippen LogP contribution in [0.1, 0.15) is 44.7 Å². The van der Waals surface area contributed by atoms with Gasteiger partial charge in [0, 0.05) is 29.7 Å². The summed E-state index contributed by atoms with van der Waals surface area (Å²) in [5.41, 5.74) is 2.33. The molecule has 0 radical (unpaired) electrons. The predicted molar refractivity (Wildman–Crippen MR) is 126 cm³/mol. The van der Waals surface area contributed by atoms with E-state index in [0.717, 1.165) is 24.0 Å². The number of rotatable bonds is 5. The van der Waals surface area contributed by atoms with Gasteiger partial charge in [0.2, 0.25) is 15.0 Å². The number of hydrogen-bond donors (Lipinski definition) is 1. The van der Waals surface area contributed by atoms with Crippen LogP contribution in [0.25, 0.3) is 0 Å². The molecule has 7 nitrogen and oxygen atoms in total. The summed E-state index contributed by atoms with van der Waals surface area (Å²) in [5.74, 6) is -0.471. The molecule has 1 aliphatic heterocycles. The number of anilines is 1. The Kier molecular flexibility index (Phi) is 6.62. The van der Waals surface area contributed by atoms with Crippen LogP contribution in [-0.4, -0.2) is 41.9 Å². The molecule has 1 fully saturated rings. The zero-order valence-corrected chi connectivity index (χ0v) is 20.1. The molecule has 4 rings (SSSR count). The molecule has 0 bridgehead atoms. The normalized spacial score (nSPS) is 17.3. The number of piperidine rings is 1. The fourth-order valence-corrected chi connectivity index (χ4v) is 6.62. The van der Waals surface area contributed by atoms with Crippen LogP contribution in [-0.2, 0) is 10.0 Å². The van der Waals surface area contributed by atoms with Gasteiger partial charge in [-0.1, -0.05) is 46.7 Å². The molecule has 1 saturated heterocycles. The van der Waals surface area contributed by atoms with E-state index in [4.69, 9.17) is 11.6 Å². The van der Waals surface area contributed by atoms with E-state index in [-0.39, 0.29) is 16.8 Å². The number of amides is 1. The van der Waals surface area contributed by atoms with E-state index in [0.29, 0.717) is 33.7 Å². The molecular weight excluding hydrogens is 468 g/mol. The summed E-state index contributed by atoms with van der Waals surface area (Å²) >= 11 is 7.16. The lowest BCUT2D eigenvalue weighted by atomic mass is 10.0. The number of aromatic nitrogens is 2. The van der Waals surface area contributed by atoms with Crippen molar-refractivity contribution in [1.29, 1.82) is 0 Å². The first-order chi connectivity index (χ1) is 15.2. The Hall–Kier alpha value is -2.33. The van der Waals surface area contributed by atoms with Gasteiger partial charge in [-0.2, -0.15) is 4.31 Å². The average Bonchev–Trinajstić information content (AvgIpc) is 3.24. The number of halogens is 1. The summed E-state index contributed by atoms with van der Waals surface area (Å²) in [4.78, 5) is 12.9. The Morgan fingerprint density at radius 3 is 2.75 bits per heavy atom. The second kappa shape index (κ2) is 9.27. The molecule has 10 heteroatoms. The quantitative estimate of drug-likeness (QED) is 0.563. The third-order valence-electron chi connectivity index (χ3n) is 5.40. The summed E-state index contributed by atoms with van der Waals surface area (Å²) in [5, 5.41) is 12.4. The molecule has 0 spiro atoms. The van der Waals surface area contributed by atoms with Crippen LogP contribution in [0.3, 0.4) is 0 Å². The minimum absolute atomic E-state index is 0.102. The summed E-state index contributed by atoms with van der Waals surface area (Å²) in [6.07, 6.45) is 1.52. The van der Waals surface area contributed by atoms with Crippen LogP contribution in [0.4, 0.5) is 5.69 Å². The number of carbonyl (C=O) groups is 1. The molecule has 168 valence electrons. The van der Waals surface area contributed by atoms with Crippen molar-refractivity contribution in [1.82, 2.24) is 14.5 Å². The van der Waals surface area contributed by atoms with E-state index in [1.807, 2.05) is 26.0 Å². The van der Waals surface area contributed by atoms with E-state index in [1.165, 1.54) is 15.6 Å². The van der Waals surface area contributed by atoms with Gasteiger partial charge in [0.1, 0.15) is 5.01 Å². The smallest absolute Gasteiger partial charge is 0.286 e. The highest BCUT2D eigenvalue weighted by Gasteiger charge is 2.33. The summed E-state index contributed by atoms with van der Waals surface area (Å²) in [6, 6.07) is 12.2. The first-order valence-electron chi connectivity index (χ1n) is 10.2. The van der Waals surface area contributed by atoms with Gasteiger partial charge in [0.25, 0.3) is 5.91 Å². The lowest BCUT2D eigenvalue weighted by Gasteiger charge is -2.31. The van der Waals surface area contributed by atoms with Crippen LogP contribution < -0.4 is 5.32 Å². The predicted octanol–water partition coefficient (Wildman–Crippen LogP) is 4.63.